The van der Waals surface area contributed by atoms with E-state index in [1.165, 1.54) is 0 Å². The largest absolute Gasteiger partial charge is 0.394 e. The van der Waals surface area contributed by atoms with E-state index in [9.17, 15) is 10.2 Å². The normalized spacial score (nSPS) is 20.4. The summed E-state index contributed by atoms with van der Waals surface area (Å²) in [4.78, 5) is 0. The standard InChI is InChI=1S/C27H55FO9/c1-8-24(4,11-13-33-19-22(31)17-29)35-14-12-26(6,28)27(7,10-3)37-21-25(5,9-2)36-16-15-34-20-23(32)18-30/h22-23,29-32H,8-21H2,1-7H3. The maximum absolute atomic E-state index is 16.0. The summed E-state index contributed by atoms with van der Waals surface area (Å²) in [5.74, 6) is 0. The Hall–Kier alpha value is -0.430. The van der Waals surface area contributed by atoms with Crippen molar-refractivity contribution in [3.63, 3.8) is 0 Å². The van der Waals surface area contributed by atoms with Gasteiger partial charge in [0.25, 0.3) is 0 Å². The van der Waals surface area contributed by atoms with Gasteiger partial charge in [0.1, 0.15) is 17.9 Å². The van der Waals surface area contributed by atoms with E-state index in [2.05, 4.69) is 0 Å². The first kappa shape index (κ1) is 36.6. The van der Waals surface area contributed by atoms with E-state index in [1.807, 2.05) is 34.6 Å². The lowest BCUT2D eigenvalue weighted by Gasteiger charge is -2.43. The zero-order chi connectivity index (χ0) is 28.6. The van der Waals surface area contributed by atoms with E-state index < -0.39 is 34.7 Å². The summed E-state index contributed by atoms with van der Waals surface area (Å²) in [6.07, 6.45) is 0.776. The molecule has 0 aromatic rings. The van der Waals surface area contributed by atoms with Crippen LogP contribution in [0.15, 0.2) is 0 Å². The Morgan fingerprint density at radius 2 is 1.16 bits per heavy atom. The molecule has 224 valence electrons. The highest BCUT2D eigenvalue weighted by Crippen LogP contribution is 2.37. The van der Waals surface area contributed by atoms with Gasteiger partial charge in [-0.1, -0.05) is 20.8 Å². The summed E-state index contributed by atoms with van der Waals surface area (Å²) >= 11 is 0. The zero-order valence-electron chi connectivity index (χ0n) is 24.3. The lowest BCUT2D eigenvalue weighted by Crippen LogP contribution is -2.52. The quantitative estimate of drug-likeness (QED) is 0.136. The molecule has 10 heteroatoms. The van der Waals surface area contributed by atoms with Gasteiger partial charge in [-0.2, -0.15) is 0 Å². The minimum absolute atomic E-state index is 0.0341. The van der Waals surface area contributed by atoms with Gasteiger partial charge in [-0.05, 0) is 53.4 Å². The lowest BCUT2D eigenvalue weighted by molar-refractivity contribution is -0.190. The predicted molar refractivity (Wildman–Crippen MR) is 141 cm³/mol. The maximum atomic E-state index is 16.0. The van der Waals surface area contributed by atoms with Crippen molar-refractivity contribution in [1.29, 1.82) is 0 Å². The van der Waals surface area contributed by atoms with Crippen molar-refractivity contribution in [1.82, 2.24) is 0 Å². The summed E-state index contributed by atoms with van der Waals surface area (Å²) in [6, 6.07) is 0. The molecule has 0 spiro atoms. The van der Waals surface area contributed by atoms with Crippen LogP contribution in [0.5, 0.6) is 0 Å². The van der Waals surface area contributed by atoms with Crippen LogP contribution < -0.4 is 0 Å². The summed E-state index contributed by atoms with van der Waals surface area (Å²) in [7, 11) is 0. The van der Waals surface area contributed by atoms with E-state index >= 15 is 4.39 Å². The number of alkyl halides is 1. The fourth-order valence-corrected chi connectivity index (χ4v) is 3.46. The van der Waals surface area contributed by atoms with Gasteiger partial charge < -0.3 is 44.1 Å². The van der Waals surface area contributed by atoms with Crippen molar-refractivity contribution in [3.05, 3.63) is 0 Å². The Morgan fingerprint density at radius 3 is 1.65 bits per heavy atom. The fourth-order valence-electron chi connectivity index (χ4n) is 3.46. The van der Waals surface area contributed by atoms with Gasteiger partial charge in [-0.25, -0.2) is 4.39 Å². The molecular weight excluding hydrogens is 487 g/mol. The van der Waals surface area contributed by atoms with Crippen LogP contribution in [0, 0.1) is 0 Å². The molecule has 37 heavy (non-hydrogen) atoms. The third-order valence-electron chi connectivity index (χ3n) is 7.49. The smallest absolute Gasteiger partial charge is 0.138 e. The number of rotatable bonds is 24. The van der Waals surface area contributed by atoms with Gasteiger partial charge in [-0.15, -0.1) is 0 Å². The van der Waals surface area contributed by atoms with Crippen LogP contribution in [-0.4, -0.2) is 115 Å². The van der Waals surface area contributed by atoms with Gasteiger partial charge in [0.05, 0.1) is 69.7 Å². The van der Waals surface area contributed by atoms with Crippen molar-refractivity contribution in [2.75, 3.05) is 59.5 Å². The molecule has 0 aromatic carbocycles. The van der Waals surface area contributed by atoms with Gasteiger partial charge in [0.15, 0.2) is 0 Å². The average Bonchev–Trinajstić information content (AvgIpc) is 2.88. The van der Waals surface area contributed by atoms with Crippen LogP contribution in [0.4, 0.5) is 4.39 Å². The van der Waals surface area contributed by atoms with Crippen LogP contribution in [0.1, 0.15) is 80.6 Å². The summed E-state index contributed by atoms with van der Waals surface area (Å²) in [5.41, 5.74) is -3.83. The maximum Gasteiger partial charge on any atom is 0.138 e. The number of ether oxygens (including phenoxy) is 5. The molecular formula is C27H55FO9. The van der Waals surface area contributed by atoms with E-state index in [0.29, 0.717) is 25.9 Å². The predicted octanol–water partition coefficient (Wildman–Crippen LogP) is 2.79. The molecule has 4 N–H and O–H groups in total. The summed E-state index contributed by atoms with van der Waals surface area (Å²) in [5, 5.41) is 36.4. The first-order valence-electron chi connectivity index (χ1n) is 13.6. The number of aliphatic hydroxyl groups is 4. The highest BCUT2D eigenvalue weighted by Gasteiger charge is 2.46. The van der Waals surface area contributed by atoms with E-state index in [0.717, 1.165) is 6.42 Å². The van der Waals surface area contributed by atoms with Gasteiger partial charge in [0, 0.05) is 13.0 Å². The first-order chi connectivity index (χ1) is 17.3. The van der Waals surface area contributed by atoms with Crippen molar-refractivity contribution < 1.29 is 48.5 Å². The molecule has 0 amide bonds. The molecule has 0 fully saturated rings. The Bertz CT molecular complexity index is 582. The molecule has 0 radical (unpaired) electrons. The van der Waals surface area contributed by atoms with E-state index in [-0.39, 0.29) is 59.3 Å². The van der Waals surface area contributed by atoms with E-state index in [1.54, 1.807) is 13.8 Å². The van der Waals surface area contributed by atoms with Gasteiger partial charge >= 0.3 is 0 Å². The first-order valence-corrected chi connectivity index (χ1v) is 13.6. The fraction of sp³-hybridized carbons (Fsp3) is 1.00. The second-order valence-electron chi connectivity index (χ2n) is 10.7. The SMILES string of the molecule is CCC(C)(CCOCC(O)CO)OCCC(C)(F)C(C)(CC)OCC(C)(CC)OCCOCC(O)CO. The van der Waals surface area contributed by atoms with Crippen LogP contribution >= 0.6 is 0 Å². The molecule has 0 rings (SSSR count). The highest BCUT2D eigenvalue weighted by atomic mass is 19.1. The Kier molecular flexibility index (Phi) is 17.8. The van der Waals surface area contributed by atoms with Crippen molar-refractivity contribution in [2.45, 2.75) is 115 Å². The number of halogens is 1. The van der Waals surface area contributed by atoms with E-state index in [4.69, 9.17) is 33.9 Å². The zero-order valence-corrected chi connectivity index (χ0v) is 24.3. The molecule has 0 aliphatic rings. The third-order valence-corrected chi connectivity index (χ3v) is 7.49. The topological polar surface area (TPSA) is 127 Å². The molecule has 0 bridgehead atoms. The summed E-state index contributed by atoms with van der Waals surface area (Å²) in [6.45, 7) is 13.8. The minimum atomic E-state index is -1.66. The van der Waals surface area contributed by atoms with Gasteiger partial charge in [0.2, 0.25) is 0 Å². The summed E-state index contributed by atoms with van der Waals surface area (Å²) < 4.78 is 45.0. The second kappa shape index (κ2) is 18.0. The molecule has 0 aromatic heterocycles. The van der Waals surface area contributed by atoms with Crippen molar-refractivity contribution in [2.24, 2.45) is 0 Å². The van der Waals surface area contributed by atoms with Crippen molar-refractivity contribution >= 4 is 0 Å². The van der Waals surface area contributed by atoms with Crippen LogP contribution in [0.2, 0.25) is 0 Å². The molecule has 6 unspecified atom stereocenters. The molecule has 0 heterocycles. The highest BCUT2D eigenvalue weighted by molar-refractivity contribution is 4.96. The molecule has 0 saturated carbocycles. The Balaban J connectivity index is 4.80. The monoisotopic (exact) mass is 542 g/mol. The van der Waals surface area contributed by atoms with Gasteiger partial charge in [-0.3, -0.25) is 0 Å². The molecule has 0 aliphatic heterocycles. The Morgan fingerprint density at radius 1 is 0.649 bits per heavy atom. The molecule has 6 atom stereocenters. The number of aliphatic hydroxyl groups excluding tert-OH is 4. The van der Waals surface area contributed by atoms with Crippen LogP contribution in [-0.2, 0) is 23.7 Å². The minimum Gasteiger partial charge on any atom is -0.394 e. The molecule has 0 saturated heterocycles. The average molecular weight is 543 g/mol. The molecule has 0 aliphatic carbocycles. The lowest BCUT2D eigenvalue weighted by atomic mass is 9.82. The Labute approximate surface area is 223 Å². The van der Waals surface area contributed by atoms with Crippen LogP contribution in [0.25, 0.3) is 0 Å². The van der Waals surface area contributed by atoms with Crippen molar-refractivity contribution in [3.8, 4) is 0 Å². The molecule has 9 nitrogen and oxygen atoms in total. The second-order valence-corrected chi connectivity index (χ2v) is 10.7. The third kappa shape index (κ3) is 14.0. The number of hydrogen-bond donors (Lipinski definition) is 4. The number of hydrogen-bond acceptors (Lipinski definition) is 9. The van der Waals surface area contributed by atoms with Crippen LogP contribution in [0.3, 0.4) is 0 Å².